The monoisotopic (exact) mass is 260 g/mol. The van der Waals surface area contributed by atoms with E-state index in [1.54, 1.807) is 0 Å². The zero-order chi connectivity index (χ0) is 13.0. The maximum absolute atomic E-state index is 10.5. The number of halogens is 1. The van der Waals surface area contributed by atoms with Gasteiger partial charge in [-0.15, -0.1) is 11.6 Å². The van der Waals surface area contributed by atoms with Gasteiger partial charge in [0.25, 0.3) is 0 Å². The van der Waals surface area contributed by atoms with Crippen LogP contribution in [0.5, 0.6) is 0 Å². The predicted octanol–water partition coefficient (Wildman–Crippen LogP) is 4.19. The highest BCUT2D eigenvalue weighted by Crippen LogP contribution is 2.33. The molecular formula is C16H17ClO. The third-order valence-corrected chi connectivity index (χ3v) is 3.36. The number of rotatable bonds is 4. The summed E-state index contributed by atoms with van der Waals surface area (Å²) in [5.74, 6) is 0.441. The highest BCUT2D eigenvalue weighted by Gasteiger charge is 2.25. The molecule has 0 aliphatic heterocycles. The minimum Gasteiger partial charge on any atom is -0.385 e. The first-order valence-electron chi connectivity index (χ1n) is 6.08. The van der Waals surface area contributed by atoms with E-state index in [-0.39, 0.29) is 0 Å². The predicted molar refractivity (Wildman–Crippen MR) is 76.8 cm³/mol. The molecule has 1 atom stereocenters. The van der Waals surface area contributed by atoms with Crippen molar-refractivity contribution in [2.24, 2.45) is 0 Å². The van der Waals surface area contributed by atoms with Gasteiger partial charge in [-0.25, -0.2) is 0 Å². The SMILES string of the molecule is CC(O)(CCCl)c1ccccc1-c1ccccc1. The standard InChI is InChI=1S/C16H17ClO/c1-16(18,11-12-17)15-10-6-5-9-14(15)13-7-3-2-4-8-13/h2-10,18H,11-12H2,1H3. The van der Waals surface area contributed by atoms with E-state index in [0.29, 0.717) is 12.3 Å². The molecule has 0 saturated heterocycles. The van der Waals surface area contributed by atoms with Gasteiger partial charge in [0.1, 0.15) is 0 Å². The topological polar surface area (TPSA) is 20.2 Å². The van der Waals surface area contributed by atoms with Gasteiger partial charge in [-0.1, -0.05) is 54.6 Å². The minimum absolute atomic E-state index is 0.441. The summed E-state index contributed by atoms with van der Waals surface area (Å²) in [4.78, 5) is 0. The van der Waals surface area contributed by atoms with Crippen LogP contribution in [0.2, 0.25) is 0 Å². The zero-order valence-corrected chi connectivity index (χ0v) is 11.2. The van der Waals surface area contributed by atoms with Gasteiger partial charge < -0.3 is 5.11 Å². The second-order valence-corrected chi connectivity index (χ2v) is 5.00. The molecule has 0 radical (unpaired) electrons. The maximum atomic E-state index is 10.5. The number of hydrogen-bond donors (Lipinski definition) is 1. The molecule has 0 saturated carbocycles. The first-order chi connectivity index (χ1) is 8.65. The number of hydrogen-bond acceptors (Lipinski definition) is 1. The first-order valence-corrected chi connectivity index (χ1v) is 6.62. The van der Waals surface area contributed by atoms with Crippen LogP contribution in [0.4, 0.5) is 0 Å². The molecule has 0 aromatic heterocycles. The molecule has 2 heteroatoms. The molecule has 2 aromatic rings. The van der Waals surface area contributed by atoms with E-state index in [2.05, 4.69) is 12.1 Å². The summed E-state index contributed by atoms with van der Waals surface area (Å²) in [6.45, 7) is 1.82. The van der Waals surface area contributed by atoms with Gasteiger partial charge >= 0.3 is 0 Å². The third kappa shape index (κ3) is 2.74. The van der Waals surface area contributed by atoms with Gasteiger partial charge in [-0.2, -0.15) is 0 Å². The van der Waals surface area contributed by atoms with Crippen LogP contribution >= 0.6 is 11.6 Å². The lowest BCUT2D eigenvalue weighted by atomic mass is 9.86. The quantitative estimate of drug-likeness (QED) is 0.818. The molecule has 0 spiro atoms. The van der Waals surface area contributed by atoms with Crippen LogP contribution in [0.25, 0.3) is 11.1 Å². The largest absolute Gasteiger partial charge is 0.385 e. The molecule has 0 fully saturated rings. The molecule has 2 rings (SSSR count). The summed E-state index contributed by atoms with van der Waals surface area (Å²) in [7, 11) is 0. The molecule has 0 heterocycles. The van der Waals surface area contributed by atoms with E-state index in [4.69, 9.17) is 11.6 Å². The van der Waals surface area contributed by atoms with Crippen LogP contribution < -0.4 is 0 Å². The van der Waals surface area contributed by atoms with E-state index in [9.17, 15) is 5.11 Å². The lowest BCUT2D eigenvalue weighted by molar-refractivity contribution is 0.0546. The van der Waals surface area contributed by atoms with Crippen LogP contribution in [0, 0.1) is 0 Å². The van der Waals surface area contributed by atoms with Crippen molar-refractivity contribution in [1.29, 1.82) is 0 Å². The third-order valence-electron chi connectivity index (χ3n) is 3.17. The average Bonchev–Trinajstić information content (AvgIpc) is 2.40. The Morgan fingerprint density at radius 2 is 1.61 bits per heavy atom. The minimum atomic E-state index is -0.895. The average molecular weight is 261 g/mol. The normalized spacial score (nSPS) is 14.2. The summed E-state index contributed by atoms with van der Waals surface area (Å²) >= 11 is 5.77. The number of aliphatic hydroxyl groups is 1. The number of alkyl halides is 1. The fourth-order valence-corrected chi connectivity index (χ4v) is 2.51. The second kappa shape index (κ2) is 5.55. The summed E-state index contributed by atoms with van der Waals surface area (Å²) < 4.78 is 0. The molecule has 2 aromatic carbocycles. The first kappa shape index (κ1) is 13.1. The van der Waals surface area contributed by atoms with Crippen molar-refractivity contribution in [3.8, 4) is 11.1 Å². The molecule has 1 unspecified atom stereocenters. The van der Waals surface area contributed by atoms with Gasteiger partial charge in [-0.3, -0.25) is 0 Å². The maximum Gasteiger partial charge on any atom is 0.0885 e. The molecule has 18 heavy (non-hydrogen) atoms. The van der Waals surface area contributed by atoms with Gasteiger partial charge in [-0.05, 0) is 30.0 Å². The van der Waals surface area contributed by atoms with Crippen molar-refractivity contribution in [3.63, 3.8) is 0 Å². The Bertz CT molecular complexity index is 506. The van der Waals surface area contributed by atoms with E-state index >= 15 is 0 Å². The van der Waals surface area contributed by atoms with Gasteiger partial charge in [0.05, 0.1) is 5.60 Å². The molecule has 0 bridgehead atoms. The van der Waals surface area contributed by atoms with Crippen molar-refractivity contribution >= 4 is 11.6 Å². The lowest BCUT2D eigenvalue weighted by Gasteiger charge is -2.25. The van der Waals surface area contributed by atoms with Crippen molar-refractivity contribution in [3.05, 3.63) is 60.2 Å². The zero-order valence-electron chi connectivity index (χ0n) is 10.4. The van der Waals surface area contributed by atoms with E-state index in [0.717, 1.165) is 16.7 Å². The summed E-state index contributed by atoms with van der Waals surface area (Å²) in [5.41, 5.74) is 2.21. The van der Waals surface area contributed by atoms with Gasteiger partial charge in [0, 0.05) is 5.88 Å². The van der Waals surface area contributed by atoms with Crippen LogP contribution in [0.1, 0.15) is 18.9 Å². The van der Waals surface area contributed by atoms with Crippen molar-refractivity contribution in [1.82, 2.24) is 0 Å². The molecule has 1 nitrogen and oxygen atoms in total. The Morgan fingerprint density at radius 3 is 2.28 bits per heavy atom. The summed E-state index contributed by atoms with van der Waals surface area (Å²) in [5, 5.41) is 10.5. The molecular weight excluding hydrogens is 244 g/mol. The second-order valence-electron chi connectivity index (χ2n) is 4.62. The van der Waals surface area contributed by atoms with Crippen LogP contribution in [0.3, 0.4) is 0 Å². The van der Waals surface area contributed by atoms with E-state index < -0.39 is 5.60 Å². The van der Waals surface area contributed by atoms with Crippen molar-refractivity contribution in [2.45, 2.75) is 18.9 Å². The van der Waals surface area contributed by atoms with Crippen molar-refractivity contribution < 1.29 is 5.11 Å². The van der Waals surface area contributed by atoms with Crippen LogP contribution in [-0.2, 0) is 5.60 Å². The highest BCUT2D eigenvalue weighted by molar-refractivity contribution is 6.17. The molecule has 0 aliphatic carbocycles. The summed E-state index contributed by atoms with van der Waals surface area (Å²) in [6.07, 6.45) is 0.540. The Kier molecular flexibility index (Phi) is 4.05. The van der Waals surface area contributed by atoms with Crippen molar-refractivity contribution in [2.75, 3.05) is 5.88 Å². The highest BCUT2D eigenvalue weighted by atomic mass is 35.5. The van der Waals surface area contributed by atoms with Crippen LogP contribution in [0.15, 0.2) is 54.6 Å². The Hall–Kier alpha value is -1.31. The molecule has 0 amide bonds. The fourth-order valence-electron chi connectivity index (χ4n) is 2.14. The fraction of sp³-hybridized carbons (Fsp3) is 0.250. The van der Waals surface area contributed by atoms with Crippen LogP contribution in [-0.4, -0.2) is 11.0 Å². The molecule has 1 N–H and O–H groups in total. The molecule has 0 aliphatic rings. The van der Waals surface area contributed by atoms with E-state index in [1.807, 2.05) is 49.4 Å². The van der Waals surface area contributed by atoms with Gasteiger partial charge in [0.15, 0.2) is 0 Å². The Labute approximate surface area is 113 Å². The Balaban J connectivity index is 2.50. The van der Waals surface area contributed by atoms with E-state index in [1.165, 1.54) is 0 Å². The molecule has 94 valence electrons. The smallest absolute Gasteiger partial charge is 0.0885 e. The number of benzene rings is 2. The lowest BCUT2D eigenvalue weighted by Crippen LogP contribution is -2.22. The van der Waals surface area contributed by atoms with Gasteiger partial charge in [0.2, 0.25) is 0 Å². The summed E-state index contributed by atoms with van der Waals surface area (Å²) in [6, 6.07) is 18.0. The Morgan fingerprint density at radius 1 is 1.00 bits per heavy atom.